The first-order chi connectivity index (χ1) is 25.3. The van der Waals surface area contributed by atoms with Crippen molar-refractivity contribution < 1.29 is 4.42 Å². The summed E-state index contributed by atoms with van der Waals surface area (Å²) in [5, 5.41) is 13.9. The molecule has 0 amide bonds. The average molecular weight is 668 g/mol. The zero-order valence-electron chi connectivity index (χ0n) is 27.1. The van der Waals surface area contributed by atoms with Gasteiger partial charge in [0.05, 0.1) is 26.8 Å². The maximum atomic E-state index is 6.94. The van der Waals surface area contributed by atoms with Crippen LogP contribution in [0, 0.1) is 0 Å². The molecule has 0 atom stereocenters. The van der Waals surface area contributed by atoms with Gasteiger partial charge >= 0.3 is 0 Å². The molecule has 0 fully saturated rings. The van der Waals surface area contributed by atoms with Gasteiger partial charge in [0.25, 0.3) is 0 Å². The highest BCUT2D eigenvalue weighted by Crippen LogP contribution is 2.48. The Hall–Kier alpha value is -6.56. The van der Waals surface area contributed by atoms with Crippen LogP contribution in [0.2, 0.25) is 0 Å². The fraction of sp³-hybridized carbons (Fsp3) is 0. The first-order valence-electron chi connectivity index (χ1n) is 17.2. The Balaban J connectivity index is 1.32. The monoisotopic (exact) mass is 667 g/mol. The van der Waals surface area contributed by atoms with Crippen LogP contribution in [-0.4, -0.2) is 14.5 Å². The lowest BCUT2D eigenvalue weighted by atomic mass is 9.96. The molecule has 51 heavy (non-hydrogen) atoms. The smallest absolute Gasteiger partial charge is 0.238 e. The Morgan fingerprint density at radius 1 is 0.451 bits per heavy atom. The van der Waals surface area contributed by atoms with Gasteiger partial charge in [-0.05, 0) is 39.1 Å². The Morgan fingerprint density at radius 3 is 1.78 bits per heavy atom. The second-order valence-corrected chi connectivity index (χ2v) is 14.3. The normalized spacial score (nSPS) is 12.3. The molecule has 4 aromatic heterocycles. The molecule has 12 aromatic rings. The van der Waals surface area contributed by atoms with E-state index in [2.05, 4.69) is 156 Å². The van der Waals surface area contributed by atoms with Crippen LogP contribution < -0.4 is 0 Å². The molecule has 5 heteroatoms. The molecule has 0 aliphatic carbocycles. The van der Waals surface area contributed by atoms with Crippen molar-refractivity contribution in [1.29, 1.82) is 0 Å². The maximum absolute atomic E-state index is 6.94. The van der Waals surface area contributed by atoms with Crippen LogP contribution >= 0.6 is 11.3 Å². The van der Waals surface area contributed by atoms with E-state index in [0.717, 1.165) is 54.8 Å². The van der Waals surface area contributed by atoms with Crippen LogP contribution in [0.3, 0.4) is 0 Å². The number of aromatic nitrogens is 3. The molecule has 0 saturated heterocycles. The first-order valence-corrected chi connectivity index (χ1v) is 18.0. The van der Waals surface area contributed by atoms with Crippen LogP contribution in [0.25, 0.3) is 114 Å². The fourth-order valence-electron chi connectivity index (χ4n) is 8.53. The number of nitrogens with zero attached hydrogens (tertiary/aromatic N) is 3. The number of benzene rings is 8. The van der Waals surface area contributed by atoms with E-state index in [1.165, 1.54) is 47.1 Å². The van der Waals surface area contributed by atoms with Crippen LogP contribution in [-0.2, 0) is 0 Å². The molecule has 0 N–H and O–H groups in total. The summed E-state index contributed by atoms with van der Waals surface area (Å²) in [7, 11) is 0. The van der Waals surface area contributed by atoms with Crippen molar-refractivity contribution in [3.63, 3.8) is 0 Å². The van der Waals surface area contributed by atoms with Gasteiger partial charge in [0, 0.05) is 42.6 Å². The minimum Gasteiger partial charge on any atom is -0.437 e. The Kier molecular flexibility index (Phi) is 5.35. The van der Waals surface area contributed by atoms with Crippen molar-refractivity contribution in [1.82, 2.24) is 14.5 Å². The van der Waals surface area contributed by atoms with E-state index in [1.54, 1.807) is 0 Å². The van der Waals surface area contributed by atoms with Crippen LogP contribution in [0.5, 0.6) is 0 Å². The molecular formula is C46H25N3OS. The number of hydrogen-bond acceptors (Lipinski definition) is 4. The van der Waals surface area contributed by atoms with Crippen LogP contribution in [0.1, 0.15) is 0 Å². The summed E-state index contributed by atoms with van der Waals surface area (Å²) >= 11 is 1.84. The highest BCUT2D eigenvalue weighted by Gasteiger charge is 2.26. The Morgan fingerprint density at radius 2 is 1.02 bits per heavy atom. The SMILES string of the molecule is c1ccc(-c2nc(-n3c4ccccc4c4c5ccccc5c5c6ccccc6sc5c43)nc3oc4c5ccccc5c5ccccc5c4c23)cc1. The fourth-order valence-corrected chi connectivity index (χ4v) is 9.79. The van der Waals surface area contributed by atoms with Crippen molar-refractivity contribution >= 4 is 108 Å². The molecule has 0 aliphatic rings. The molecule has 4 nitrogen and oxygen atoms in total. The van der Waals surface area contributed by atoms with E-state index in [9.17, 15) is 0 Å². The molecule has 12 rings (SSSR count). The standard InChI is InChI=1S/C46H25N3OS/c1-2-14-26(15-3-1)41-40-39-29-18-6-4-16-27(29)28-17-5-9-21-32(28)43(39)50-45(40)48-46(47-41)49-35-24-12-10-22-33(35)37-30-19-7-8-20-31(30)38-34-23-11-13-25-36(34)51-44(38)42(37)49/h1-25H. The maximum Gasteiger partial charge on any atom is 0.238 e. The van der Waals surface area contributed by atoms with E-state index in [1.807, 2.05) is 11.3 Å². The second-order valence-electron chi connectivity index (χ2n) is 13.2. The predicted octanol–water partition coefficient (Wildman–Crippen LogP) is 13.0. The van der Waals surface area contributed by atoms with Crippen molar-refractivity contribution in [2.45, 2.75) is 0 Å². The summed E-state index contributed by atoms with van der Waals surface area (Å²) < 4.78 is 11.7. The highest BCUT2D eigenvalue weighted by atomic mass is 32.1. The minimum absolute atomic E-state index is 0.578. The molecular weight excluding hydrogens is 643 g/mol. The average Bonchev–Trinajstić information content (AvgIpc) is 3.89. The number of para-hydroxylation sites is 1. The summed E-state index contributed by atoms with van der Waals surface area (Å²) in [5.74, 6) is 0.592. The summed E-state index contributed by atoms with van der Waals surface area (Å²) in [6.45, 7) is 0. The van der Waals surface area contributed by atoms with E-state index < -0.39 is 0 Å². The summed E-state index contributed by atoms with van der Waals surface area (Å²) in [6, 6.07) is 53.8. The van der Waals surface area contributed by atoms with Crippen LogP contribution in [0.15, 0.2) is 156 Å². The van der Waals surface area contributed by atoms with Gasteiger partial charge in [-0.25, -0.2) is 4.98 Å². The van der Waals surface area contributed by atoms with E-state index in [4.69, 9.17) is 14.4 Å². The summed E-state index contributed by atoms with van der Waals surface area (Å²) in [5.41, 5.74) is 5.47. The lowest BCUT2D eigenvalue weighted by Crippen LogP contribution is -2.03. The quantitative estimate of drug-likeness (QED) is 0.172. The molecule has 0 radical (unpaired) electrons. The topological polar surface area (TPSA) is 43.9 Å². The molecule has 4 heterocycles. The van der Waals surface area contributed by atoms with E-state index >= 15 is 0 Å². The van der Waals surface area contributed by atoms with Gasteiger partial charge in [-0.15, -0.1) is 11.3 Å². The lowest BCUT2D eigenvalue weighted by Gasteiger charge is -2.11. The van der Waals surface area contributed by atoms with Crippen molar-refractivity contribution in [2.24, 2.45) is 0 Å². The van der Waals surface area contributed by atoms with Gasteiger partial charge in [-0.1, -0.05) is 140 Å². The zero-order valence-corrected chi connectivity index (χ0v) is 27.9. The third-order valence-electron chi connectivity index (χ3n) is 10.6. The predicted molar refractivity (Wildman–Crippen MR) is 214 cm³/mol. The zero-order chi connectivity index (χ0) is 33.2. The third kappa shape index (κ3) is 3.58. The first kappa shape index (κ1) is 27.3. The van der Waals surface area contributed by atoms with Crippen molar-refractivity contribution in [2.75, 3.05) is 0 Å². The number of thiophene rings is 1. The van der Waals surface area contributed by atoms with Gasteiger partial charge in [-0.2, -0.15) is 4.98 Å². The molecule has 0 spiro atoms. The Bertz CT molecular complexity index is 3430. The number of rotatable bonds is 2. The van der Waals surface area contributed by atoms with Gasteiger partial charge in [0.2, 0.25) is 11.7 Å². The number of furan rings is 1. The van der Waals surface area contributed by atoms with Gasteiger partial charge in [0.15, 0.2) is 0 Å². The molecule has 8 aromatic carbocycles. The Labute approximate surface area is 294 Å². The highest BCUT2D eigenvalue weighted by molar-refractivity contribution is 7.27. The van der Waals surface area contributed by atoms with Crippen molar-refractivity contribution in [3.05, 3.63) is 152 Å². The minimum atomic E-state index is 0.578. The third-order valence-corrected chi connectivity index (χ3v) is 11.8. The van der Waals surface area contributed by atoms with Crippen molar-refractivity contribution in [3.8, 4) is 17.2 Å². The number of fused-ring (bicyclic) bond motifs is 18. The van der Waals surface area contributed by atoms with Gasteiger partial charge < -0.3 is 4.42 Å². The number of hydrogen-bond donors (Lipinski definition) is 0. The molecule has 0 aliphatic heterocycles. The summed E-state index contributed by atoms with van der Waals surface area (Å²) in [4.78, 5) is 10.9. The molecule has 0 saturated carbocycles. The second kappa shape index (κ2) is 10.0. The lowest BCUT2D eigenvalue weighted by molar-refractivity contribution is 0.655. The summed E-state index contributed by atoms with van der Waals surface area (Å²) in [6.07, 6.45) is 0. The van der Waals surface area contributed by atoms with Gasteiger partial charge in [-0.3, -0.25) is 4.57 Å². The van der Waals surface area contributed by atoms with E-state index in [-0.39, 0.29) is 0 Å². The molecule has 236 valence electrons. The van der Waals surface area contributed by atoms with Gasteiger partial charge in [0.1, 0.15) is 5.58 Å². The van der Waals surface area contributed by atoms with E-state index in [0.29, 0.717) is 11.7 Å². The van der Waals surface area contributed by atoms with Crippen LogP contribution in [0.4, 0.5) is 0 Å². The molecule has 0 unspecified atom stereocenters. The molecule has 0 bridgehead atoms. The largest absolute Gasteiger partial charge is 0.437 e.